The van der Waals surface area contributed by atoms with Gasteiger partial charge in [-0.25, -0.2) is 4.98 Å². The fraction of sp³-hybridized carbons (Fsp3) is 0.467. The molecule has 2 aromatic heterocycles. The first-order chi connectivity index (χ1) is 10.1. The summed E-state index contributed by atoms with van der Waals surface area (Å²) in [6, 6.07) is 3.53. The lowest BCUT2D eigenvalue weighted by Crippen LogP contribution is -2.35. The van der Waals surface area contributed by atoms with Crippen molar-refractivity contribution in [1.82, 2.24) is 14.7 Å². The monoisotopic (exact) mass is 291 g/mol. The number of aromatic nitrogens is 2. The molecule has 0 aromatic carbocycles. The van der Waals surface area contributed by atoms with Crippen molar-refractivity contribution in [1.29, 1.82) is 0 Å². The number of nitrogens with zero attached hydrogens (tertiary/aromatic N) is 2. The van der Waals surface area contributed by atoms with E-state index in [4.69, 9.17) is 4.74 Å². The van der Waals surface area contributed by atoms with Gasteiger partial charge in [0.1, 0.15) is 5.65 Å². The van der Waals surface area contributed by atoms with Crippen LogP contribution in [0, 0.1) is 12.9 Å². The first kappa shape index (κ1) is 14.0. The van der Waals surface area contributed by atoms with Gasteiger partial charge in [-0.1, -0.05) is 6.07 Å². The summed E-state index contributed by atoms with van der Waals surface area (Å²) in [6.07, 6.45) is 4.73. The van der Waals surface area contributed by atoms with E-state index in [1.54, 1.807) is 12.3 Å². The Morgan fingerprint density at radius 2 is 2.38 bits per heavy atom. The molecule has 0 bridgehead atoms. The van der Waals surface area contributed by atoms with Gasteiger partial charge in [-0.05, 0) is 37.8 Å². The Balaban J connectivity index is 1.73. The number of hydrogen-bond acceptors (Lipinski definition) is 3. The smallest absolute Gasteiger partial charge is 0.274 e. The number of ether oxygens (including phenoxy) is 1. The van der Waals surface area contributed by atoms with Crippen LogP contribution in [-0.2, 0) is 4.74 Å². The molecule has 0 spiro atoms. The van der Waals surface area contributed by atoms with Crippen LogP contribution in [0.4, 0.5) is 4.39 Å². The zero-order valence-electron chi connectivity index (χ0n) is 11.9. The Morgan fingerprint density at radius 1 is 1.52 bits per heavy atom. The normalized spacial score (nSPS) is 18.9. The average Bonchev–Trinajstić information content (AvgIpc) is 2.83. The molecule has 5 nitrogen and oxygen atoms in total. The molecule has 0 unspecified atom stereocenters. The average molecular weight is 291 g/mol. The van der Waals surface area contributed by atoms with Crippen LogP contribution >= 0.6 is 0 Å². The minimum atomic E-state index is -0.629. The van der Waals surface area contributed by atoms with Crippen LogP contribution in [-0.4, -0.2) is 34.5 Å². The maximum absolute atomic E-state index is 14.2. The number of amides is 1. The Labute approximate surface area is 122 Å². The van der Waals surface area contributed by atoms with Crippen molar-refractivity contribution in [2.45, 2.75) is 32.3 Å². The summed E-state index contributed by atoms with van der Waals surface area (Å²) in [5.74, 6) is -1.13. The first-order valence-electron chi connectivity index (χ1n) is 7.19. The molecule has 2 aromatic rings. The number of pyridine rings is 1. The van der Waals surface area contributed by atoms with Crippen molar-refractivity contribution in [3.8, 4) is 0 Å². The standard InChI is InChI=1S/C15H18FN3O2/c1-10-5-6-12-18-13(14(16)19(12)9-10)15(20)17-8-11-4-2-3-7-21-11/h5-6,9,11H,2-4,7-8H2,1H3,(H,17,20)/t11-/m1/s1. The summed E-state index contributed by atoms with van der Waals surface area (Å²) in [7, 11) is 0. The van der Waals surface area contributed by atoms with E-state index in [2.05, 4.69) is 10.3 Å². The second-order valence-electron chi connectivity index (χ2n) is 5.38. The van der Waals surface area contributed by atoms with Gasteiger partial charge < -0.3 is 10.1 Å². The SMILES string of the molecule is Cc1ccc2nc(C(=O)NC[C@H]3CCCCO3)c(F)n2c1. The molecule has 1 amide bonds. The summed E-state index contributed by atoms with van der Waals surface area (Å²) in [5.41, 5.74) is 1.16. The Bertz CT molecular complexity index is 662. The minimum absolute atomic E-state index is 0.0186. The molecule has 1 aliphatic heterocycles. The summed E-state index contributed by atoms with van der Waals surface area (Å²) in [6.45, 7) is 2.98. The van der Waals surface area contributed by atoms with E-state index in [-0.39, 0.29) is 11.8 Å². The predicted molar refractivity (Wildman–Crippen MR) is 75.8 cm³/mol. The first-order valence-corrected chi connectivity index (χ1v) is 7.19. The van der Waals surface area contributed by atoms with Crippen molar-refractivity contribution in [3.05, 3.63) is 35.5 Å². The largest absolute Gasteiger partial charge is 0.376 e. The molecule has 1 atom stereocenters. The van der Waals surface area contributed by atoms with Gasteiger partial charge >= 0.3 is 0 Å². The van der Waals surface area contributed by atoms with Crippen LogP contribution in [0.2, 0.25) is 0 Å². The number of carbonyl (C=O) groups is 1. The molecule has 0 radical (unpaired) electrons. The molecule has 3 heterocycles. The maximum atomic E-state index is 14.2. The van der Waals surface area contributed by atoms with Gasteiger partial charge in [-0.15, -0.1) is 0 Å². The Kier molecular flexibility index (Phi) is 3.88. The fourth-order valence-corrected chi connectivity index (χ4v) is 2.53. The van der Waals surface area contributed by atoms with Crippen molar-refractivity contribution in [2.75, 3.05) is 13.2 Å². The second-order valence-corrected chi connectivity index (χ2v) is 5.38. The number of aryl methyl sites for hydroxylation is 1. The lowest BCUT2D eigenvalue weighted by Gasteiger charge is -2.22. The minimum Gasteiger partial charge on any atom is -0.376 e. The summed E-state index contributed by atoms with van der Waals surface area (Å²) in [4.78, 5) is 16.1. The second kappa shape index (κ2) is 5.81. The highest BCUT2D eigenvalue weighted by Gasteiger charge is 2.21. The lowest BCUT2D eigenvalue weighted by atomic mass is 10.1. The van der Waals surface area contributed by atoms with Gasteiger partial charge in [-0.3, -0.25) is 9.20 Å². The third kappa shape index (κ3) is 2.90. The maximum Gasteiger partial charge on any atom is 0.274 e. The number of imidazole rings is 1. The van der Waals surface area contributed by atoms with Gasteiger partial charge in [0.25, 0.3) is 5.91 Å². The van der Waals surface area contributed by atoms with Gasteiger partial charge in [0.05, 0.1) is 6.10 Å². The Morgan fingerprint density at radius 3 is 3.14 bits per heavy atom. The van der Waals surface area contributed by atoms with Crippen molar-refractivity contribution < 1.29 is 13.9 Å². The molecule has 21 heavy (non-hydrogen) atoms. The van der Waals surface area contributed by atoms with Crippen LogP contribution in [0.1, 0.15) is 35.3 Å². The number of fused-ring (bicyclic) bond motifs is 1. The molecular formula is C15H18FN3O2. The highest BCUT2D eigenvalue weighted by molar-refractivity contribution is 5.93. The van der Waals surface area contributed by atoms with Gasteiger partial charge in [0, 0.05) is 19.3 Å². The van der Waals surface area contributed by atoms with Crippen LogP contribution in [0.25, 0.3) is 5.65 Å². The molecule has 112 valence electrons. The van der Waals surface area contributed by atoms with Gasteiger partial charge in [-0.2, -0.15) is 4.39 Å². The molecule has 0 saturated carbocycles. The molecule has 1 fully saturated rings. The number of halogens is 1. The molecule has 1 N–H and O–H groups in total. The van der Waals surface area contributed by atoms with Crippen LogP contribution < -0.4 is 5.32 Å². The van der Waals surface area contributed by atoms with Crippen LogP contribution in [0.5, 0.6) is 0 Å². The van der Waals surface area contributed by atoms with E-state index in [9.17, 15) is 9.18 Å². The molecular weight excluding hydrogens is 273 g/mol. The number of nitrogens with one attached hydrogen (secondary N) is 1. The number of rotatable bonds is 3. The van der Waals surface area contributed by atoms with E-state index >= 15 is 0 Å². The predicted octanol–water partition coefficient (Wildman–Crippen LogP) is 2.08. The van der Waals surface area contributed by atoms with E-state index in [0.29, 0.717) is 12.2 Å². The fourth-order valence-electron chi connectivity index (χ4n) is 2.53. The van der Waals surface area contributed by atoms with Crippen molar-refractivity contribution in [3.63, 3.8) is 0 Å². The van der Waals surface area contributed by atoms with Crippen molar-refractivity contribution in [2.24, 2.45) is 0 Å². The summed E-state index contributed by atoms with van der Waals surface area (Å²) in [5, 5.41) is 2.71. The number of carbonyl (C=O) groups excluding carboxylic acids is 1. The quantitative estimate of drug-likeness (QED) is 0.942. The summed E-state index contributed by atoms with van der Waals surface area (Å²) >= 11 is 0. The zero-order chi connectivity index (χ0) is 14.8. The molecule has 3 rings (SSSR count). The van der Waals surface area contributed by atoms with E-state index < -0.39 is 11.9 Å². The zero-order valence-corrected chi connectivity index (χ0v) is 11.9. The summed E-state index contributed by atoms with van der Waals surface area (Å²) < 4.78 is 21.1. The van der Waals surface area contributed by atoms with Crippen LogP contribution in [0.15, 0.2) is 18.3 Å². The van der Waals surface area contributed by atoms with Crippen molar-refractivity contribution >= 4 is 11.6 Å². The van der Waals surface area contributed by atoms with Crippen LogP contribution in [0.3, 0.4) is 0 Å². The number of hydrogen-bond donors (Lipinski definition) is 1. The molecule has 1 aliphatic rings. The van der Waals surface area contributed by atoms with E-state index in [1.807, 2.05) is 13.0 Å². The Hall–Kier alpha value is -1.95. The van der Waals surface area contributed by atoms with E-state index in [0.717, 1.165) is 31.4 Å². The molecule has 0 aliphatic carbocycles. The third-order valence-corrected chi connectivity index (χ3v) is 3.69. The molecule has 6 heteroatoms. The molecule has 1 saturated heterocycles. The lowest BCUT2D eigenvalue weighted by molar-refractivity contribution is 0.0168. The third-order valence-electron chi connectivity index (χ3n) is 3.69. The topological polar surface area (TPSA) is 55.6 Å². The highest BCUT2D eigenvalue weighted by Crippen LogP contribution is 2.14. The highest BCUT2D eigenvalue weighted by atomic mass is 19.1. The van der Waals surface area contributed by atoms with Gasteiger partial charge in [0.2, 0.25) is 5.95 Å². The van der Waals surface area contributed by atoms with Gasteiger partial charge in [0.15, 0.2) is 5.69 Å². The van der Waals surface area contributed by atoms with E-state index in [1.165, 1.54) is 4.40 Å².